The van der Waals surface area contributed by atoms with Gasteiger partial charge in [0.1, 0.15) is 19.3 Å². The monoisotopic (exact) mass is 1230 g/mol. The normalized spacial score (nSPS) is 14.1. The molecule has 0 radical (unpaired) electrons. The number of phosphoric ester groups is 1. The molecule has 0 heterocycles. The molecule has 0 aromatic carbocycles. The first-order chi connectivity index (χ1) is 42.4. The van der Waals surface area contributed by atoms with Gasteiger partial charge >= 0.3 is 5.97 Å². The third kappa shape index (κ3) is 66.9. The fraction of sp³-hybridized carbons (Fsp3) is 0.740. The smallest absolute Gasteiger partial charge is 0.306 e. The summed E-state index contributed by atoms with van der Waals surface area (Å²) in [7, 11) is 1.17. The number of carbonyl (C=O) groups excluding carboxylic acids is 2. The van der Waals surface area contributed by atoms with Crippen LogP contribution in [0, 0.1) is 0 Å². The van der Waals surface area contributed by atoms with E-state index in [4.69, 9.17) is 13.8 Å². The number of esters is 1. The molecule has 0 saturated heterocycles. The quantitative estimate of drug-likeness (QED) is 0.0212. The molecule has 0 saturated carbocycles. The van der Waals surface area contributed by atoms with Gasteiger partial charge in [0.2, 0.25) is 5.91 Å². The molecule has 3 atom stereocenters. The second kappa shape index (κ2) is 65.6. The van der Waals surface area contributed by atoms with Gasteiger partial charge in [-0.3, -0.25) is 14.2 Å². The first-order valence-corrected chi connectivity index (χ1v) is 37.7. The number of hydrogen-bond donors (Lipinski definition) is 1. The van der Waals surface area contributed by atoms with E-state index in [9.17, 15) is 19.0 Å². The zero-order valence-corrected chi connectivity index (χ0v) is 58.3. The molecule has 87 heavy (non-hydrogen) atoms. The third-order valence-corrected chi connectivity index (χ3v) is 16.7. The van der Waals surface area contributed by atoms with Crippen LogP contribution in [-0.4, -0.2) is 69.4 Å². The maximum absolute atomic E-state index is 13.6. The Labute approximate surface area is 538 Å². The Hall–Kier alpha value is -3.33. The Morgan fingerprint density at radius 1 is 0.414 bits per heavy atom. The third-order valence-electron chi connectivity index (χ3n) is 15.7. The molecular weight excluding hydrogens is 1100 g/mol. The Morgan fingerprint density at radius 3 is 1.13 bits per heavy atom. The molecule has 0 aliphatic rings. The highest BCUT2D eigenvalue weighted by molar-refractivity contribution is 7.45. The number of rotatable bonds is 65. The van der Waals surface area contributed by atoms with Crippen LogP contribution in [-0.2, 0) is 27.9 Å². The molecule has 502 valence electrons. The second-order valence-electron chi connectivity index (χ2n) is 25.4. The maximum Gasteiger partial charge on any atom is 0.306 e. The molecule has 0 aromatic heterocycles. The number of likely N-dealkylation sites (N-methyl/N-ethyl adjacent to an activating group) is 1. The van der Waals surface area contributed by atoms with E-state index in [-0.39, 0.29) is 24.9 Å². The van der Waals surface area contributed by atoms with Gasteiger partial charge in [-0.15, -0.1) is 0 Å². The Balaban J connectivity index is 5.01. The number of hydrogen-bond acceptors (Lipinski definition) is 7. The number of amides is 1. The largest absolute Gasteiger partial charge is 0.756 e. The van der Waals surface area contributed by atoms with E-state index < -0.39 is 26.6 Å². The van der Waals surface area contributed by atoms with Crippen molar-refractivity contribution in [1.82, 2.24) is 5.32 Å². The van der Waals surface area contributed by atoms with Gasteiger partial charge in [0.05, 0.1) is 33.8 Å². The lowest BCUT2D eigenvalue weighted by atomic mass is 10.0. The van der Waals surface area contributed by atoms with Gasteiger partial charge in [-0.2, -0.15) is 0 Å². The zero-order valence-electron chi connectivity index (χ0n) is 57.4. The van der Waals surface area contributed by atoms with Crippen LogP contribution in [0.3, 0.4) is 0 Å². The van der Waals surface area contributed by atoms with Gasteiger partial charge in [0.15, 0.2) is 0 Å². The summed E-state index contributed by atoms with van der Waals surface area (Å²) in [4.78, 5) is 40.2. The van der Waals surface area contributed by atoms with Crippen molar-refractivity contribution in [2.24, 2.45) is 0 Å². The minimum atomic E-state index is -4.71. The van der Waals surface area contributed by atoms with Gasteiger partial charge in [-0.05, 0) is 115 Å². The summed E-state index contributed by atoms with van der Waals surface area (Å²) in [5.74, 6) is -0.547. The fourth-order valence-corrected chi connectivity index (χ4v) is 10.9. The van der Waals surface area contributed by atoms with Crippen molar-refractivity contribution >= 4 is 19.7 Å². The molecule has 1 N–H and O–H groups in total. The van der Waals surface area contributed by atoms with E-state index in [0.717, 1.165) is 128 Å². The van der Waals surface area contributed by atoms with Crippen LogP contribution in [0.5, 0.6) is 0 Å². The predicted octanol–water partition coefficient (Wildman–Crippen LogP) is 22.6. The number of phosphoric acid groups is 1. The molecule has 0 aliphatic heterocycles. The van der Waals surface area contributed by atoms with Crippen molar-refractivity contribution in [3.05, 3.63) is 109 Å². The average molecular weight is 1230 g/mol. The van der Waals surface area contributed by atoms with Crippen molar-refractivity contribution in [1.29, 1.82) is 0 Å². The highest BCUT2D eigenvalue weighted by Gasteiger charge is 2.27. The maximum atomic E-state index is 13.6. The van der Waals surface area contributed by atoms with Crippen LogP contribution in [0.1, 0.15) is 316 Å². The van der Waals surface area contributed by atoms with Gasteiger partial charge in [0, 0.05) is 12.8 Å². The zero-order chi connectivity index (χ0) is 63.5. The molecule has 0 spiro atoms. The van der Waals surface area contributed by atoms with E-state index in [1.165, 1.54) is 154 Å². The molecule has 9 nitrogen and oxygen atoms in total. The molecular formula is C77H137N2O7P. The van der Waals surface area contributed by atoms with Gasteiger partial charge in [-0.1, -0.05) is 297 Å². The standard InChI is InChI=1S/C77H137N2O7P/c1-7-10-13-16-19-22-25-27-29-31-33-35-37-38-39-40-42-43-45-47-49-51-54-57-60-63-66-69-76(80)78-74(73-85-87(82,83)84-72-71-79(4,5)6)75(68-65-62-59-56-53-24-21-18-15-12-9-3)86-77(81)70-67-64-61-58-55-52-50-48-46-44-41-36-34-32-30-28-26-23-20-17-14-11-8-2/h10,13,19-20,22-23,27-30,33-36,38-39,65,68,74-75H,7-9,11-12,14-18,21,24-26,31-32,37,40-64,66-67,69-73H2,1-6H3,(H-,78,80,82,83)/b13-10-,22-19-,23-20-,29-27-,30-28-,35-33-,36-34-,39-38-,68-65-. The van der Waals surface area contributed by atoms with Crippen LogP contribution < -0.4 is 10.2 Å². The van der Waals surface area contributed by atoms with E-state index in [0.29, 0.717) is 17.4 Å². The Kier molecular flexibility index (Phi) is 63.1. The van der Waals surface area contributed by atoms with Crippen LogP contribution in [0.25, 0.3) is 0 Å². The molecule has 0 rings (SSSR count). The van der Waals surface area contributed by atoms with Crippen molar-refractivity contribution in [2.45, 2.75) is 328 Å². The van der Waals surface area contributed by atoms with Crippen molar-refractivity contribution in [2.75, 3.05) is 40.9 Å². The number of ether oxygens (including phenoxy) is 1. The number of nitrogens with one attached hydrogen (secondary N) is 1. The molecule has 0 aliphatic carbocycles. The average Bonchev–Trinajstić information content (AvgIpc) is 3.70. The van der Waals surface area contributed by atoms with Crippen molar-refractivity contribution in [3.63, 3.8) is 0 Å². The summed E-state index contributed by atoms with van der Waals surface area (Å²) >= 11 is 0. The van der Waals surface area contributed by atoms with E-state index >= 15 is 0 Å². The van der Waals surface area contributed by atoms with Gasteiger partial charge in [-0.25, -0.2) is 0 Å². The summed E-state index contributed by atoms with van der Waals surface area (Å²) in [5.41, 5.74) is 0. The summed E-state index contributed by atoms with van der Waals surface area (Å²) in [6.07, 6.45) is 90.7. The number of allylic oxidation sites excluding steroid dienone is 17. The molecule has 0 aromatic rings. The lowest BCUT2D eigenvalue weighted by Gasteiger charge is -2.30. The number of unbranched alkanes of at least 4 members (excludes halogenated alkanes) is 33. The number of carbonyl (C=O) groups is 2. The molecule has 10 heteroatoms. The van der Waals surface area contributed by atoms with Crippen LogP contribution in [0.4, 0.5) is 0 Å². The molecule has 1 amide bonds. The number of nitrogens with zero attached hydrogens (tertiary/aromatic N) is 1. The lowest BCUT2D eigenvalue weighted by Crippen LogP contribution is -2.47. The summed E-state index contributed by atoms with van der Waals surface area (Å²) in [5, 5.41) is 3.04. The van der Waals surface area contributed by atoms with Gasteiger partial charge < -0.3 is 28.5 Å². The summed E-state index contributed by atoms with van der Waals surface area (Å²) in [6.45, 7) is 6.71. The first kappa shape index (κ1) is 83.7. The summed E-state index contributed by atoms with van der Waals surface area (Å²) < 4.78 is 30.4. The van der Waals surface area contributed by atoms with Crippen LogP contribution in [0.2, 0.25) is 0 Å². The second-order valence-corrected chi connectivity index (χ2v) is 26.8. The predicted molar refractivity (Wildman–Crippen MR) is 376 cm³/mol. The van der Waals surface area contributed by atoms with Crippen LogP contribution >= 0.6 is 7.82 Å². The highest BCUT2D eigenvalue weighted by atomic mass is 31.2. The highest BCUT2D eigenvalue weighted by Crippen LogP contribution is 2.38. The first-order valence-electron chi connectivity index (χ1n) is 36.2. The lowest BCUT2D eigenvalue weighted by molar-refractivity contribution is -0.870. The summed E-state index contributed by atoms with van der Waals surface area (Å²) in [6, 6.07) is -0.899. The fourth-order valence-electron chi connectivity index (χ4n) is 10.1. The SMILES string of the molecule is CC/C=C\C/C=C\C/C=C\C/C=C\C/C=C\CCCCCCCCCCCCCC(=O)NC(COP(=O)([O-])OCC[N+](C)(C)C)C(/C=C\CCCCCCCCCCC)OC(=O)CCCCCCCCCCCC/C=C\C/C=C\C/C=C\CCCCC. The van der Waals surface area contributed by atoms with Crippen molar-refractivity contribution in [3.8, 4) is 0 Å². The minimum Gasteiger partial charge on any atom is -0.756 e. The Morgan fingerprint density at radius 2 is 0.736 bits per heavy atom. The number of quaternary nitrogens is 1. The minimum absolute atomic E-state index is 0.0277. The van der Waals surface area contributed by atoms with Crippen LogP contribution in [0.15, 0.2) is 109 Å². The van der Waals surface area contributed by atoms with E-state index in [1.807, 2.05) is 33.3 Å². The molecule has 0 bridgehead atoms. The van der Waals surface area contributed by atoms with Gasteiger partial charge in [0.25, 0.3) is 7.82 Å². The van der Waals surface area contributed by atoms with Crippen molar-refractivity contribution < 1.29 is 37.3 Å². The molecule has 3 unspecified atom stereocenters. The van der Waals surface area contributed by atoms with E-state index in [2.05, 4.69) is 123 Å². The molecule has 0 fully saturated rings. The topological polar surface area (TPSA) is 114 Å². The van der Waals surface area contributed by atoms with E-state index in [1.54, 1.807) is 0 Å². The Bertz CT molecular complexity index is 1860.